The van der Waals surface area contributed by atoms with E-state index in [9.17, 15) is 0 Å². The molecule has 0 bridgehead atoms. The molecule has 0 amide bonds. The van der Waals surface area contributed by atoms with Crippen molar-refractivity contribution in [3.63, 3.8) is 0 Å². The molecule has 0 aromatic rings. The predicted molar refractivity (Wildman–Crippen MR) is 46.8 cm³/mol. The first-order valence-electron chi connectivity index (χ1n) is 3.61. The van der Waals surface area contributed by atoms with Gasteiger partial charge in [-0.05, 0) is 19.8 Å². The third-order valence-electron chi connectivity index (χ3n) is 1.69. The van der Waals surface area contributed by atoms with Crippen LogP contribution < -0.4 is 5.73 Å². The molecular formula is C7H15ClN2. The Morgan fingerprint density at radius 2 is 2.20 bits per heavy atom. The zero-order chi connectivity index (χ0) is 6.69. The van der Waals surface area contributed by atoms with Crippen molar-refractivity contribution in [1.82, 2.24) is 0 Å². The van der Waals surface area contributed by atoms with Gasteiger partial charge in [0.1, 0.15) is 0 Å². The Bertz CT molecular complexity index is 123. The number of halogens is 1. The molecule has 0 radical (unpaired) electrons. The third-order valence-corrected chi connectivity index (χ3v) is 1.69. The smallest absolute Gasteiger partial charge is 0.0940 e. The average Bonchev–Trinajstić information content (AvgIpc) is 1.93. The molecular weight excluding hydrogens is 148 g/mol. The molecule has 1 aliphatic rings. The van der Waals surface area contributed by atoms with Crippen molar-refractivity contribution in [2.24, 2.45) is 10.7 Å². The first-order valence-corrected chi connectivity index (χ1v) is 3.61. The summed E-state index contributed by atoms with van der Waals surface area (Å²) in [6, 6.07) is 0.465. The molecule has 10 heavy (non-hydrogen) atoms. The van der Waals surface area contributed by atoms with E-state index in [0.717, 1.165) is 12.3 Å². The van der Waals surface area contributed by atoms with E-state index in [1.54, 1.807) is 0 Å². The monoisotopic (exact) mass is 162 g/mol. The first-order chi connectivity index (χ1) is 4.29. The Morgan fingerprint density at radius 3 is 2.90 bits per heavy atom. The van der Waals surface area contributed by atoms with Crippen LogP contribution in [0.15, 0.2) is 4.99 Å². The molecule has 2 nitrogen and oxygen atoms in total. The molecule has 0 saturated carbocycles. The molecule has 1 unspecified atom stereocenters. The van der Waals surface area contributed by atoms with Gasteiger partial charge in [-0.1, -0.05) is 6.42 Å². The van der Waals surface area contributed by atoms with Crippen molar-refractivity contribution in [3.8, 4) is 0 Å². The van der Waals surface area contributed by atoms with E-state index in [-0.39, 0.29) is 12.4 Å². The largest absolute Gasteiger partial charge is 0.387 e. The van der Waals surface area contributed by atoms with Crippen LogP contribution in [0.4, 0.5) is 0 Å². The molecule has 60 valence electrons. The van der Waals surface area contributed by atoms with Gasteiger partial charge in [-0.15, -0.1) is 12.4 Å². The fourth-order valence-electron chi connectivity index (χ4n) is 1.16. The minimum absolute atomic E-state index is 0. The van der Waals surface area contributed by atoms with Crippen molar-refractivity contribution in [2.75, 3.05) is 0 Å². The summed E-state index contributed by atoms with van der Waals surface area (Å²) in [6.45, 7) is 2.12. The molecule has 0 saturated heterocycles. The van der Waals surface area contributed by atoms with Gasteiger partial charge in [-0.3, -0.25) is 4.99 Å². The van der Waals surface area contributed by atoms with Crippen LogP contribution in [-0.2, 0) is 0 Å². The lowest BCUT2D eigenvalue weighted by molar-refractivity contribution is 0.630. The predicted octanol–water partition coefficient (Wildman–Crippen LogP) is 1.73. The number of rotatable bonds is 0. The molecule has 0 spiro atoms. The summed E-state index contributed by atoms with van der Waals surface area (Å²) in [4.78, 5) is 4.27. The van der Waals surface area contributed by atoms with E-state index >= 15 is 0 Å². The fraction of sp³-hybridized carbons (Fsp3) is 0.857. The summed E-state index contributed by atoms with van der Waals surface area (Å²) in [5.41, 5.74) is 5.58. The number of hydrogen-bond acceptors (Lipinski definition) is 2. The zero-order valence-electron chi connectivity index (χ0n) is 6.34. The van der Waals surface area contributed by atoms with Crippen LogP contribution in [0.2, 0.25) is 0 Å². The van der Waals surface area contributed by atoms with Gasteiger partial charge in [-0.2, -0.15) is 0 Å². The van der Waals surface area contributed by atoms with E-state index in [0.29, 0.717) is 6.04 Å². The van der Waals surface area contributed by atoms with E-state index in [1.165, 1.54) is 19.3 Å². The highest BCUT2D eigenvalue weighted by atomic mass is 35.5. The zero-order valence-corrected chi connectivity index (χ0v) is 7.16. The SMILES string of the molecule is CC1CCCCC(N)=N1.Cl. The third kappa shape index (κ3) is 3.06. The molecule has 3 heteroatoms. The van der Waals surface area contributed by atoms with E-state index in [4.69, 9.17) is 5.73 Å². The lowest BCUT2D eigenvalue weighted by Gasteiger charge is -1.99. The van der Waals surface area contributed by atoms with Crippen LogP contribution in [0.3, 0.4) is 0 Å². The molecule has 1 aliphatic heterocycles. The second kappa shape index (κ2) is 4.56. The van der Waals surface area contributed by atoms with Crippen LogP contribution in [-0.4, -0.2) is 11.9 Å². The average molecular weight is 163 g/mol. The van der Waals surface area contributed by atoms with Gasteiger partial charge in [0.05, 0.1) is 5.84 Å². The van der Waals surface area contributed by atoms with Crippen LogP contribution in [0.5, 0.6) is 0 Å². The summed E-state index contributed by atoms with van der Waals surface area (Å²) in [7, 11) is 0. The Morgan fingerprint density at radius 1 is 1.50 bits per heavy atom. The van der Waals surface area contributed by atoms with Gasteiger partial charge in [-0.25, -0.2) is 0 Å². The van der Waals surface area contributed by atoms with Crippen LogP contribution in [0, 0.1) is 0 Å². The fourth-order valence-corrected chi connectivity index (χ4v) is 1.16. The first kappa shape index (κ1) is 9.76. The second-order valence-electron chi connectivity index (χ2n) is 2.72. The van der Waals surface area contributed by atoms with Crippen molar-refractivity contribution in [1.29, 1.82) is 0 Å². The highest BCUT2D eigenvalue weighted by molar-refractivity contribution is 5.85. The quantitative estimate of drug-likeness (QED) is 0.579. The van der Waals surface area contributed by atoms with Gasteiger partial charge in [0.15, 0.2) is 0 Å². The standard InChI is InChI=1S/C7H14N2.ClH/c1-6-4-2-3-5-7(8)9-6;/h6H,2-5H2,1H3,(H2,8,9);1H. The summed E-state index contributed by atoms with van der Waals surface area (Å²) < 4.78 is 0. The van der Waals surface area contributed by atoms with Gasteiger partial charge in [0, 0.05) is 12.5 Å². The normalized spacial score (nSPS) is 26.1. The number of nitrogens with zero attached hydrogens (tertiary/aromatic N) is 1. The minimum atomic E-state index is 0. The molecule has 1 heterocycles. The highest BCUT2D eigenvalue weighted by Gasteiger charge is 2.05. The lowest BCUT2D eigenvalue weighted by atomic mass is 10.1. The van der Waals surface area contributed by atoms with Crippen molar-refractivity contribution < 1.29 is 0 Å². The molecule has 0 aromatic carbocycles. The maximum absolute atomic E-state index is 5.58. The summed E-state index contributed by atoms with van der Waals surface area (Å²) in [5.74, 6) is 0.847. The Kier molecular flexibility index (Phi) is 4.45. The van der Waals surface area contributed by atoms with Gasteiger partial charge in [0.2, 0.25) is 0 Å². The Labute approximate surface area is 68.3 Å². The minimum Gasteiger partial charge on any atom is -0.387 e. The summed E-state index contributed by atoms with van der Waals surface area (Å²) >= 11 is 0. The maximum Gasteiger partial charge on any atom is 0.0940 e. The van der Waals surface area contributed by atoms with Crippen LogP contribution in [0.1, 0.15) is 32.6 Å². The lowest BCUT2D eigenvalue weighted by Crippen LogP contribution is -2.12. The van der Waals surface area contributed by atoms with Crippen LogP contribution in [0.25, 0.3) is 0 Å². The van der Waals surface area contributed by atoms with Crippen molar-refractivity contribution in [3.05, 3.63) is 0 Å². The van der Waals surface area contributed by atoms with Gasteiger partial charge >= 0.3 is 0 Å². The number of amidine groups is 1. The molecule has 0 fully saturated rings. The van der Waals surface area contributed by atoms with Crippen LogP contribution >= 0.6 is 12.4 Å². The molecule has 0 aromatic heterocycles. The summed E-state index contributed by atoms with van der Waals surface area (Å²) in [5, 5.41) is 0. The van der Waals surface area contributed by atoms with Gasteiger partial charge < -0.3 is 5.73 Å². The molecule has 2 N–H and O–H groups in total. The van der Waals surface area contributed by atoms with E-state index < -0.39 is 0 Å². The topological polar surface area (TPSA) is 38.4 Å². The Hall–Kier alpha value is -0.240. The van der Waals surface area contributed by atoms with Crippen molar-refractivity contribution in [2.45, 2.75) is 38.6 Å². The second-order valence-corrected chi connectivity index (χ2v) is 2.72. The van der Waals surface area contributed by atoms with E-state index in [2.05, 4.69) is 11.9 Å². The Balaban J connectivity index is 0.000000810. The van der Waals surface area contributed by atoms with E-state index in [1.807, 2.05) is 0 Å². The van der Waals surface area contributed by atoms with Gasteiger partial charge in [0.25, 0.3) is 0 Å². The molecule has 1 rings (SSSR count). The maximum atomic E-state index is 5.58. The van der Waals surface area contributed by atoms with Crippen molar-refractivity contribution >= 4 is 18.2 Å². The number of nitrogens with two attached hydrogens (primary N) is 1. The molecule has 0 aliphatic carbocycles. The number of hydrogen-bond donors (Lipinski definition) is 1. The summed E-state index contributed by atoms with van der Waals surface area (Å²) in [6.07, 6.45) is 4.72. The number of aliphatic imine (C=N–C) groups is 1. The highest BCUT2D eigenvalue weighted by Crippen LogP contribution is 2.10. The molecule has 1 atom stereocenters.